The van der Waals surface area contributed by atoms with Gasteiger partial charge in [-0.25, -0.2) is 0 Å². The summed E-state index contributed by atoms with van der Waals surface area (Å²) in [5.74, 6) is 0.311. The van der Waals surface area contributed by atoms with E-state index in [1.165, 1.54) is 11.1 Å². The number of anilines is 1. The molecule has 0 fully saturated rings. The molecule has 0 saturated heterocycles. The minimum Gasteiger partial charge on any atom is -0.495 e. The van der Waals surface area contributed by atoms with Gasteiger partial charge in [0, 0.05) is 18.1 Å². The van der Waals surface area contributed by atoms with Crippen molar-refractivity contribution in [2.45, 2.75) is 6.42 Å². The molecule has 1 N–H and O–H groups in total. The van der Waals surface area contributed by atoms with Gasteiger partial charge in [0.1, 0.15) is 5.75 Å². The van der Waals surface area contributed by atoms with Crippen molar-refractivity contribution in [1.29, 1.82) is 0 Å². The average molecular weight is 447 g/mol. The predicted octanol–water partition coefficient (Wildman–Crippen LogP) is 5.85. The highest BCUT2D eigenvalue weighted by atomic mass is 79.9. The number of hydrogen-bond donors (Lipinski definition) is 1. The molecule has 5 heteroatoms. The monoisotopic (exact) mass is 446 g/mol. The fourth-order valence-electron chi connectivity index (χ4n) is 3.29. The first-order valence-electron chi connectivity index (χ1n) is 9.20. The van der Waals surface area contributed by atoms with Gasteiger partial charge in [-0.15, -0.1) is 0 Å². The lowest BCUT2D eigenvalue weighted by Crippen LogP contribution is -2.13. The van der Waals surface area contributed by atoms with Crippen molar-refractivity contribution < 1.29 is 9.53 Å². The van der Waals surface area contributed by atoms with Crippen molar-refractivity contribution in [3.63, 3.8) is 0 Å². The smallest absolute Gasteiger partial charge is 0.259 e. The van der Waals surface area contributed by atoms with Gasteiger partial charge in [0.25, 0.3) is 5.91 Å². The molecule has 0 aliphatic heterocycles. The van der Waals surface area contributed by atoms with Gasteiger partial charge < -0.3 is 10.1 Å². The number of methoxy groups -OCH3 is 1. The lowest BCUT2D eigenvalue weighted by atomic mass is 10.0. The molecule has 4 nitrogen and oxygen atoms in total. The van der Waals surface area contributed by atoms with Crippen LogP contribution in [0.4, 0.5) is 5.69 Å². The third-order valence-corrected chi connectivity index (χ3v) is 5.55. The Morgan fingerprint density at radius 3 is 2.41 bits per heavy atom. The van der Waals surface area contributed by atoms with Crippen molar-refractivity contribution in [2.75, 3.05) is 12.4 Å². The maximum absolute atomic E-state index is 12.9. The molecule has 0 spiro atoms. The van der Waals surface area contributed by atoms with Crippen LogP contribution in [0.2, 0.25) is 0 Å². The van der Waals surface area contributed by atoms with Crippen molar-refractivity contribution in [3.8, 4) is 5.75 Å². The van der Waals surface area contributed by atoms with Gasteiger partial charge in [-0.05, 0) is 74.6 Å². The van der Waals surface area contributed by atoms with Crippen molar-refractivity contribution >= 4 is 38.3 Å². The van der Waals surface area contributed by atoms with E-state index in [2.05, 4.69) is 26.2 Å². The summed E-state index contributed by atoms with van der Waals surface area (Å²) >= 11 is 3.58. The highest BCUT2D eigenvalue weighted by Gasteiger charge is 2.18. The van der Waals surface area contributed by atoms with E-state index in [1.54, 1.807) is 19.5 Å². The largest absolute Gasteiger partial charge is 0.495 e. The third kappa shape index (κ3) is 4.15. The second kappa shape index (κ2) is 8.45. The molecule has 0 atom stereocenters. The zero-order valence-corrected chi connectivity index (χ0v) is 17.4. The zero-order chi connectivity index (χ0) is 20.2. The second-order valence-corrected chi connectivity index (χ2v) is 7.47. The molecule has 0 radical (unpaired) electrons. The van der Waals surface area contributed by atoms with E-state index in [0.717, 1.165) is 27.4 Å². The standard InChI is InChI=1S/C24H19BrN2O2/c1-29-23-21(15-18-4-2-3-5-20(18)22(23)25)24(28)27-19-8-6-16(7-9-19)14-17-10-12-26-13-11-17/h2-13,15H,14H2,1H3,(H,27,28). The van der Waals surface area contributed by atoms with Gasteiger partial charge in [-0.2, -0.15) is 0 Å². The molecule has 0 unspecified atom stereocenters. The first-order valence-corrected chi connectivity index (χ1v) is 9.99. The molecule has 4 rings (SSSR count). The molecule has 0 aliphatic carbocycles. The van der Waals surface area contributed by atoms with Crippen LogP contribution < -0.4 is 10.1 Å². The van der Waals surface area contributed by atoms with Gasteiger partial charge in [0.15, 0.2) is 0 Å². The molecule has 1 amide bonds. The quantitative estimate of drug-likeness (QED) is 0.418. The van der Waals surface area contributed by atoms with E-state index in [-0.39, 0.29) is 5.91 Å². The van der Waals surface area contributed by atoms with Crippen LogP contribution >= 0.6 is 15.9 Å². The summed E-state index contributed by atoms with van der Waals surface area (Å²) in [6.45, 7) is 0. The van der Waals surface area contributed by atoms with E-state index in [9.17, 15) is 4.79 Å². The average Bonchev–Trinajstić information content (AvgIpc) is 2.76. The number of carbonyl (C=O) groups is 1. The molecular formula is C24H19BrN2O2. The molecule has 29 heavy (non-hydrogen) atoms. The Labute approximate surface area is 177 Å². The van der Waals surface area contributed by atoms with Gasteiger partial charge in [-0.1, -0.05) is 36.4 Å². The van der Waals surface area contributed by atoms with Gasteiger partial charge in [0.2, 0.25) is 0 Å². The SMILES string of the molecule is COc1c(C(=O)Nc2ccc(Cc3ccncc3)cc2)cc2ccccc2c1Br. The number of benzene rings is 3. The van der Waals surface area contributed by atoms with Crippen LogP contribution in [0.25, 0.3) is 10.8 Å². The molecule has 144 valence electrons. The fraction of sp³-hybridized carbons (Fsp3) is 0.0833. The fourth-order valence-corrected chi connectivity index (χ4v) is 4.03. The zero-order valence-electron chi connectivity index (χ0n) is 15.9. The highest BCUT2D eigenvalue weighted by Crippen LogP contribution is 2.36. The van der Waals surface area contributed by atoms with Crippen LogP contribution in [0, 0.1) is 0 Å². The maximum atomic E-state index is 12.9. The number of nitrogens with one attached hydrogen (secondary N) is 1. The first-order chi connectivity index (χ1) is 14.2. The number of nitrogens with zero attached hydrogens (tertiary/aromatic N) is 1. The predicted molar refractivity (Wildman–Crippen MR) is 120 cm³/mol. The van der Waals surface area contributed by atoms with E-state index >= 15 is 0 Å². The van der Waals surface area contributed by atoms with E-state index in [1.807, 2.05) is 66.7 Å². The van der Waals surface area contributed by atoms with Crippen LogP contribution in [-0.2, 0) is 6.42 Å². The minimum absolute atomic E-state index is 0.213. The summed E-state index contributed by atoms with van der Waals surface area (Å²) < 4.78 is 6.29. The molecule has 3 aromatic carbocycles. The van der Waals surface area contributed by atoms with Crippen LogP contribution in [0.3, 0.4) is 0 Å². The number of carbonyl (C=O) groups excluding carboxylic acids is 1. The van der Waals surface area contributed by atoms with Crippen molar-refractivity contribution in [2.24, 2.45) is 0 Å². The van der Waals surface area contributed by atoms with E-state index in [4.69, 9.17) is 4.74 Å². The van der Waals surface area contributed by atoms with Gasteiger partial charge >= 0.3 is 0 Å². The lowest BCUT2D eigenvalue weighted by Gasteiger charge is -2.14. The molecule has 0 saturated carbocycles. The van der Waals surface area contributed by atoms with Gasteiger partial charge in [0.05, 0.1) is 17.1 Å². The Hall–Kier alpha value is -3.18. The number of rotatable bonds is 5. The van der Waals surface area contributed by atoms with E-state index < -0.39 is 0 Å². The third-order valence-electron chi connectivity index (χ3n) is 4.76. The van der Waals surface area contributed by atoms with E-state index in [0.29, 0.717) is 11.3 Å². The first kappa shape index (κ1) is 19.2. The number of halogens is 1. The highest BCUT2D eigenvalue weighted by molar-refractivity contribution is 9.10. The number of hydrogen-bond acceptors (Lipinski definition) is 3. The number of ether oxygens (including phenoxy) is 1. The summed E-state index contributed by atoms with van der Waals surface area (Å²) in [4.78, 5) is 17.0. The normalized spacial score (nSPS) is 10.7. The Balaban J connectivity index is 1.56. The second-order valence-electron chi connectivity index (χ2n) is 6.68. The van der Waals surface area contributed by atoms with Crippen molar-refractivity contribution in [3.05, 3.63) is 100 Å². The Morgan fingerprint density at radius 2 is 1.69 bits per heavy atom. The molecule has 0 aliphatic rings. The summed E-state index contributed by atoms with van der Waals surface area (Å²) in [5.41, 5.74) is 3.58. The topological polar surface area (TPSA) is 51.2 Å². The number of pyridine rings is 1. The molecule has 0 bridgehead atoms. The number of aromatic nitrogens is 1. The van der Waals surface area contributed by atoms with Crippen LogP contribution in [0.5, 0.6) is 5.75 Å². The summed E-state index contributed by atoms with van der Waals surface area (Å²) in [6, 6.07) is 21.6. The Morgan fingerprint density at radius 1 is 1.00 bits per heavy atom. The van der Waals surface area contributed by atoms with Crippen LogP contribution in [-0.4, -0.2) is 18.0 Å². The molecule has 1 heterocycles. The molecule has 1 aromatic heterocycles. The summed E-state index contributed by atoms with van der Waals surface area (Å²) in [7, 11) is 1.57. The van der Waals surface area contributed by atoms with Gasteiger partial charge in [-0.3, -0.25) is 9.78 Å². The molecular weight excluding hydrogens is 428 g/mol. The van der Waals surface area contributed by atoms with Crippen LogP contribution in [0.15, 0.2) is 83.6 Å². The van der Waals surface area contributed by atoms with Crippen LogP contribution in [0.1, 0.15) is 21.5 Å². The van der Waals surface area contributed by atoms with Crippen molar-refractivity contribution in [1.82, 2.24) is 4.98 Å². The number of amides is 1. The lowest BCUT2D eigenvalue weighted by molar-refractivity contribution is 0.102. The maximum Gasteiger partial charge on any atom is 0.259 e. The minimum atomic E-state index is -0.213. The Kier molecular flexibility index (Phi) is 5.58. The summed E-state index contributed by atoms with van der Waals surface area (Å²) in [6.07, 6.45) is 4.40. The summed E-state index contributed by atoms with van der Waals surface area (Å²) in [5, 5.41) is 4.94. The number of fused-ring (bicyclic) bond motifs is 1. The molecule has 4 aromatic rings. The Bertz CT molecular complexity index is 1160.